The predicted octanol–water partition coefficient (Wildman–Crippen LogP) is 2.16. The van der Waals surface area contributed by atoms with Crippen LogP contribution in [0.1, 0.15) is 30.4 Å². The van der Waals surface area contributed by atoms with E-state index in [1.54, 1.807) is 31.2 Å². The molecule has 2 aromatic carbocycles. The Morgan fingerprint density at radius 3 is 2.49 bits per heavy atom. The molecule has 4 aromatic rings. The standard InChI is InChI=1S/C24H23FN6O4/c1-3-30-23(33)21(28-31(24(30)34)18-10-4-15(2)5-11-18)22-27-20(35-29-22)13-12-19(32)26-14-16-6-8-17(25)9-7-16/h4-11H,3,12-14H2,1-2H3,(H,26,32). The predicted molar refractivity (Wildman–Crippen MR) is 124 cm³/mol. The molecule has 1 amide bonds. The van der Waals surface area contributed by atoms with Crippen LogP contribution >= 0.6 is 0 Å². The summed E-state index contributed by atoms with van der Waals surface area (Å²) in [5.74, 6) is -0.524. The van der Waals surface area contributed by atoms with E-state index in [0.29, 0.717) is 5.69 Å². The lowest BCUT2D eigenvalue weighted by atomic mass is 10.2. The smallest absolute Gasteiger partial charge is 0.352 e. The lowest BCUT2D eigenvalue weighted by Gasteiger charge is -2.09. The van der Waals surface area contributed by atoms with Crippen molar-refractivity contribution in [2.75, 3.05) is 0 Å². The first kappa shape index (κ1) is 23.7. The average Bonchev–Trinajstić information content (AvgIpc) is 3.32. The maximum atomic E-state index is 13.0. The molecule has 0 aliphatic rings. The van der Waals surface area contributed by atoms with Gasteiger partial charge in [0.1, 0.15) is 5.82 Å². The van der Waals surface area contributed by atoms with E-state index >= 15 is 0 Å². The third kappa shape index (κ3) is 5.40. The van der Waals surface area contributed by atoms with Gasteiger partial charge in [0.25, 0.3) is 5.56 Å². The van der Waals surface area contributed by atoms with Gasteiger partial charge in [-0.15, -0.1) is 0 Å². The molecule has 2 heterocycles. The van der Waals surface area contributed by atoms with Crippen molar-refractivity contribution >= 4 is 5.91 Å². The summed E-state index contributed by atoms with van der Waals surface area (Å²) in [6.07, 6.45) is 0.208. The number of aromatic nitrogens is 5. The van der Waals surface area contributed by atoms with Crippen molar-refractivity contribution in [3.63, 3.8) is 0 Å². The maximum Gasteiger partial charge on any atom is 0.352 e. The molecule has 0 bridgehead atoms. The van der Waals surface area contributed by atoms with E-state index in [0.717, 1.165) is 20.4 Å². The van der Waals surface area contributed by atoms with Crippen LogP contribution in [-0.4, -0.2) is 30.4 Å². The molecule has 0 aliphatic heterocycles. The molecule has 180 valence electrons. The number of benzene rings is 2. The Hall–Kier alpha value is -4.41. The van der Waals surface area contributed by atoms with Crippen molar-refractivity contribution in [2.45, 2.75) is 39.8 Å². The van der Waals surface area contributed by atoms with E-state index in [2.05, 4.69) is 20.6 Å². The normalized spacial score (nSPS) is 10.9. The van der Waals surface area contributed by atoms with Crippen LogP contribution in [0.3, 0.4) is 0 Å². The highest BCUT2D eigenvalue weighted by atomic mass is 19.1. The van der Waals surface area contributed by atoms with Crippen LogP contribution in [0.5, 0.6) is 0 Å². The molecule has 0 atom stereocenters. The Balaban J connectivity index is 1.50. The van der Waals surface area contributed by atoms with Gasteiger partial charge in [0.2, 0.25) is 17.6 Å². The van der Waals surface area contributed by atoms with Gasteiger partial charge in [0.05, 0.1) is 5.69 Å². The fourth-order valence-corrected chi connectivity index (χ4v) is 3.35. The number of halogens is 1. The van der Waals surface area contributed by atoms with Gasteiger partial charge in [-0.3, -0.25) is 14.2 Å². The van der Waals surface area contributed by atoms with Crippen molar-refractivity contribution in [1.29, 1.82) is 0 Å². The highest BCUT2D eigenvalue weighted by Crippen LogP contribution is 2.12. The summed E-state index contributed by atoms with van der Waals surface area (Å²) in [6, 6.07) is 12.9. The lowest BCUT2D eigenvalue weighted by Crippen LogP contribution is -2.41. The molecular formula is C24H23FN6O4. The lowest BCUT2D eigenvalue weighted by molar-refractivity contribution is -0.121. The second-order valence-corrected chi connectivity index (χ2v) is 7.84. The number of carbonyl (C=O) groups excluding carboxylic acids is 1. The van der Waals surface area contributed by atoms with Gasteiger partial charge in [0, 0.05) is 25.9 Å². The number of nitrogens with zero attached hydrogens (tertiary/aromatic N) is 5. The third-order valence-electron chi connectivity index (χ3n) is 5.30. The first-order chi connectivity index (χ1) is 16.9. The number of amides is 1. The zero-order chi connectivity index (χ0) is 24.9. The minimum absolute atomic E-state index is 0.0678. The Kier molecular flexibility index (Phi) is 6.95. The van der Waals surface area contributed by atoms with Crippen LogP contribution in [0.25, 0.3) is 17.2 Å². The molecule has 35 heavy (non-hydrogen) atoms. The van der Waals surface area contributed by atoms with Crippen molar-refractivity contribution in [1.82, 2.24) is 29.8 Å². The molecule has 2 aromatic heterocycles. The van der Waals surface area contributed by atoms with Crippen molar-refractivity contribution < 1.29 is 13.7 Å². The fraction of sp³-hybridized carbons (Fsp3) is 0.250. The molecule has 0 saturated heterocycles. The van der Waals surface area contributed by atoms with Crippen LogP contribution < -0.4 is 16.6 Å². The summed E-state index contributed by atoms with van der Waals surface area (Å²) >= 11 is 0. The highest BCUT2D eigenvalue weighted by Gasteiger charge is 2.20. The van der Waals surface area contributed by atoms with Crippen LogP contribution in [0.2, 0.25) is 0 Å². The molecule has 0 fully saturated rings. The minimum Gasteiger partial charge on any atom is -0.352 e. The topological polar surface area (TPSA) is 125 Å². The second kappa shape index (κ2) is 10.2. The van der Waals surface area contributed by atoms with Gasteiger partial charge in [-0.1, -0.05) is 35.0 Å². The highest BCUT2D eigenvalue weighted by molar-refractivity contribution is 5.76. The molecule has 1 N–H and O–H groups in total. The van der Waals surface area contributed by atoms with Crippen molar-refractivity contribution in [3.05, 3.63) is 92.2 Å². The van der Waals surface area contributed by atoms with Crippen LogP contribution in [-0.2, 0) is 24.3 Å². The Bertz CT molecular complexity index is 1460. The summed E-state index contributed by atoms with van der Waals surface area (Å²) in [5, 5.41) is 10.8. The van der Waals surface area contributed by atoms with E-state index in [1.807, 2.05) is 19.1 Å². The molecule has 0 radical (unpaired) electrons. The van der Waals surface area contributed by atoms with Crippen LogP contribution in [0.4, 0.5) is 4.39 Å². The summed E-state index contributed by atoms with van der Waals surface area (Å²) < 4.78 is 20.3. The third-order valence-corrected chi connectivity index (χ3v) is 5.30. The van der Waals surface area contributed by atoms with Crippen molar-refractivity contribution in [3.8, 4) is 17.2 Å². The molecule has 0 spiro atoms. The average molecular weight is 478 g/mol. The van der Waals surface area contributed by atoms with E-state index in [-0.39, 0.29) is 55.1 Å². The Morgan fingerprint density at radius 2 is 1.80 bits per heavy atom. The summed E-state index contributed by atoms with van der Waals surface area (Å²) in [5.41, 5.74) is 0.919. The quantitative estimate of drug-likeness (QED) is 0.411. The summed E-state index contributed by atoms with van der Waals surface area (Å²) in [7, 11) is 0. The van der Waals surface area contributed by atoms with Gasteiger partial charge in [0.15, 0.2) is 5.69 Å². The fourth-order valence-electron chi connectivity index (χ4n) is 3.35. The van der Waals surface area contributed by atoms with Gasteiger partial charge >= 0.3 is 5.69 Å². The SMILES string of the molecule is CCn1c(=O)c(-c2noc(CCC(=O)NCc3ccc(F)cc3)n2)nn(-c2ccc(C)cc2)c1=O. The largest absolute Gasteiger partial charge is 0.352 e. The van der Waals surface area contributed by atoms with E-state index in [4.69, 9.17) is 4.52 Å². The first-order valence-electron chi connectivity index (χ1n) is 11.0. The number of hydrogen-bond acceptors (Lipinski definition) is 7. The van der Waals surface area contributed by atoms with E-state index < -0.39 is 11.2 Å². The van der Waals surface area contributed by atoms with Crippen LogP contribution in [0, 0.1) is 12.7 Å². The summed E-state index contributed by atoms with van der Waals surface area (Å²) in [6.45, 7) is 3.99. The number of rotatable bonds is 8. The molecule has 0 aliphatic carbocycles. The van der Waals surface area contributed by atoms with Gasteiger partial charge in [-0.05, 0) is 43.7 Å². The zero-order valence-corrected chi connectivity index (χ0v) is 19.2. The monoisotopic (exact) mass is 478 g/mol. The number of nitrogens with one attached hydrogen (secondary N) is 1. The molecule has 4 rings (SSSR count). The number of carbonyl (C=O) groups is 1. The van der Waals surface area contributed by atoms with Gasteiger partial charge in [-0.25, -0.2) is 9.18 Å². The van der Waals surface area contributed by atoms with Crippen LogP contribution in [0.15, 0.2) is 62.6 Å². The minimum atomic E-state index is -0.634. The summed E-state index contributed by atoms with van der Waals surface area (Å²) in [4.78, 5) is 42.0. The number of hydrogen-bond donors (Lipinski definition) is 1. The van der Waals surface area contributed by atoms with E-state index in [1.165, 1.54) is 12.1 Å². The Labute approximate surface area is 199 Å². The van der Waals surface area contributed by atoms with Gasteiger partial charge in [-0.2, -0.15) is 14.8 Å². The zero-order valence-electron chi connectivity index (χ0n) is 19.2. The van der Waals surface area contributed by atoms with E-state index in [9.17, 15) is 18.8 Å². The number of aryl methyl sites for hydroxylation is 2. The Morgan fingerprint density at radius 1 is 1.09 bits per heavy atom. The van der Waals surface area contributed by atoms with Gasteiger partial charge < -0.3 is 9.84 Å². The molecule has 0 unspecified atom stereocenters. The maximum absolute atomic E-state index is 13.0. The molecule has 0 saturated carbocycles. The second-order valence-electron chi connectivity index (χ2n) is 7.84. The van der Waals surface area contributed by atoms with Crippen molar-refractivity contribution in [2.24, 2.45) is 0 Å². The first-order valence-corrected chi connectivity index (χ1v) is 11.0. The molecule has 11 heteroatoms. The molecule has 10 nitrogen and oxygen atoms in total. The molecular weight excluding hydrogens is 455 g/mol.